The number of likely N-dealkylation sites (tertiary alicyclic amines) is 1. The Kier molecular flexibility index (Phi) is 6.05. The first-order chi connectivity index (χ1) is 19.0. The Morgan fingerprint density at radius 3 is 2.77 bits per heavy atom. The zero-order valence-electron chi connectivity index (χ0n) is 21.6. The number of ether oxygens (including phenoxy) is 2. The smallest absolute Gasteiger partial charge is 0.255 e. The summed E-state index contributed by atoms with van der Waals surface area (Å²) >= 11 is 0. The van der Waals surface area contributed by atoms with Gasteiger partial charge in [0.1, 0.15) is 17.9 Å². The number of piperidine rings is 1. The first-order valence-electron chi connectivity index (χ1n) is 13.6. The lowest BCUT2D eigenvalue weighted by molar-refractivity contribution is -0.136. The third kappa shape index (κ3) is 4.66. The van der Waals surface area contributed by atoms with E-state index in [0.29, 0.717) is 24.4 Å². The van der Waals surface area contributed by atoms with Crippen molar-refractivity contribution in [3.63, 3.8) is 0 Å². The summed E-state index contributed by atoms with van der Waals surface area (Å²) in [6, 6.07) is 13.7. The van der Waals surface area contributed by atoms with E-state index in [1.165, 1.54) is 16.5 Å². The maximum Gasteiger partial charge on any atom is 0.255 e. The van der Waals surface area contributed by atoms with Gasteiger partial charge in [-0.2, -0.15) is 0 Å². The summed E-state index contributed by atoms with van der Waals surface area (Å²) in [6.07, 6.45) is 3.57. The van der Waals surface area contributed by atoms with Crippen molar-refractivity contribution in [3.05, 3.63) is 70.9 Å². The zero-order valence-corrected chi connectivity index (χ0v) is 21.6. The van der Waals surface area contributed by atoms with Gasteiger partial charge in [0, 0.05) is 55.7 Å². The molecular formula is C30H30N4O5. The van der Waals surface area contributed by atoms with Crippen LogP contribution in [0.15, 0.2) is 48.7 Å². The fourth-order valence-electron chi connectivity index (χ4n) is 6.06. The van der Waals surface area contributed by atoms with Crippen molar-refractivity contribution in [2.24, 2.45) is 0 Å². The van der Waals surface area contributed by atoms with Crippen LogP contribution in [0.1, 0.15) is 52.2 Å². The molecule has 5 heterocycles. The van der Waals surface area contributed by atoms with E-state index in [-0.39, 0.29) is 24.3 Å². The number of aromatic nitrogens is 1. The van der Waals surface area contributed by atoms with E-state index in [2.05, 4.69) is 39.5 Å². The second-order valence-electron chi connectivity index (χ2n) is 11.0. The van der Waals surface area contributed by atoms with Gasteiger partial charge in [-0.1, -0.05) is 6.07 Å². The predicted octanol–water partition coefficient (Wildman–Crippen LogP) is 2.76. The number of imide groups is 1. The first kappa shape index (κ1) is 24.2. The van der Waals surface area contributed by atoms with Gasteiger partial charge >= 0.3 is 0 Å². The molecule has 1 unspecified atom stereocenters. The molecule has 1 N–H and O–H groups in total. The third-order valence-corrected chi connectivity index (χ3v) is 8.31. The predicted molar refractivity (Wildman–Crippen MR) is 142 cm³/mol. The number of hydrogen-bond acceptors (Lipinski definition) is 7. The molecule has 0 bridgehead atoms. The second-order valence-corrected chi connectivity index (χ2v) is 11.0. The van der Waals surface area contributed by atoms with Crippen molar-refractivity contribution in [1.82, 2.24) is 20.1 Å². The summed E-state index contributed by atoms with van der Waals surface area (Å²) in [4.78, 5) is 45.4. The largest absolute Gasteiger partial charge is 0.489 e. The monoisotopic (exact) mass is 526 g/mol. The van der Waals surface area contributed by atoms with E-state index in [4.69, 9.17) is 9.47 Å². The number of fused-ring (bicyclic) bond motifs is 2. The van der Waals surface area contributed by atoms with Crippen LogP contribution in [0.5, 0.6) is 5.75 Å². The van der Waals surface area contributed by atoms with Gasteiger partial charge in [0.25, 0.3) is 5.91 Å². The van der Waals surface area contributed by atoms with Gasteiger partial charge < -0.3 is 14.4 Å². The highest BCUT2D eigenvalue weighted by Crippen LogP contribution is 2.31. The van der Waals surface area contributed by atoms with Crippen LogP contribution in [0.25, 0.3) is 10.9 Å². The molecular weight excluding hydrogens is 496 g/mol. The summed E-state index contributed by atoms with van der Waals surface area (Å²) in [5.41, 5.74) is 4.97. The minimum atomic E-state index is -0.611. The molecule has 0 saturated carbocycles. The van der Waals surface area contributed by atoms with Gasteiger partial charge in [-0.3, -0.25) is 29.6 Å². The van der Waals surface area contributed by atoms with Crippen LogP contribution in [-0.2, 0) is 27.4 Å². The van der Waals surface area contributed by atoms with Crippen LogP contribution < -0.4 is 10.1 Å². The van der Waals surface area contributed by atoms with Gasteiger partial charge in [0.2, 0.25) is 11.8 Å². The van der Waals surface area contributed by atoms with Gasteiger partial charge in [-0.25, -0.2) is 0 Å². The maximum absolute atomic E-state index is 13.0. The minimum absolute atomic E-state index is 0.0683. The highest BCUT2D eigenvalue weighted by atomic mass is 16.5. The first-order valence-corrected chi connectivity index (χ1v) is 13.6. The molecule has 4 aliphatic rings. The molecule has 3 amide bonds. The quantitative estimate of drug-likeness (QED) is 0.493. The Labute approximate surface area is 226 Å². The summed E-state index contributed by atoms with van der Waals surface area (Å²) in [5.74, 6) is 0.346. The van der Waals surface area contributed by atoms with E-state index in [1.807, 2.05) is 18.3 Å². The number of carbonyl (C=O) groups excluding carboxylic acids is 3. The molecule has 2 aromatic carbocycles. The lowest BCUT2D eigenvalue weighted by Crippen LogP contribution is -2.52. The Bertz CT molecular complexity index is 1490. The molecule has 9 nitrogen and oxygen atoms in total. The molecule has 3 fully saturated rings. The number of carbonyl (C=O) groups is 3. The highest BCUT2D eigenvalue weighted by Gasteiger charge is 2.39. The molecule has 2 atom stereocenters. The SMILES string of the molecule is O=C1CCC(N2Cc3cc(O[C@H]4CCN(Cc5ccc6ncc(C7COC7)cc6c5)C4)ccc3C2=O)C(=O)N1. The lowest BCUT2D eigenvalue weighted by atomic mass is 9.97. The van der Waals surface area contributed by atoms with Crippen LogP contribution >= 0.6 is 0 Å². The van der Waals surface area contributed by atoms with E-state index in [1.54, 1.807) is 11.0 Å². The van der Waals surface area contributed by atoms with Gasteiger partial charge in [-0.15, -0.1) is 0 Å². The molecule has 39 heavy (non-hydrogen) atoms. The summed E-state index contributed by atoms with van der Waals surface area (Å²) < 4.78 is 11.7. The van der Waals surface area contributed by atoms with E-state index in [0.717, 1.165) is 56.1 Å². The van der Waals surface area contributed by atoms with E-state index < -0.39 is 11.9 Å². The normalized spacial score (nSPS) is 23.7. The van der Waals surface area contributed by atoms with Crippen molar-refractivity contribution in [3.8, 4) is 5.75 Å². The number of nitrogens with zero attached hydrogens (tertiary/aromatic N) is 3. The molecule has 7 rings (SSSR count). The molecule has 3 saturated heterocycles. The van der Waals surface area contributed by atoms with Gasteiger partial charge in [0.15, 0.2) is 0 Å². The third-order valence-electron chi connectivity index (χ3n) is 8.31. The van der Waals surface area contributed by atoms with E-state index in [9.17, 15) is 14.4 Å². The average molecular weight is 527 g/mol. The molecule has 4 aliphatic heterocycles. The number of amides is 3. The minimum Gasteiger partial charge on any atom is -0.489 e. The maximum atomic E-state index is 13.0. The Morgan fingerprint density at radius 2 is 1.95 bits per heavy atom. The van der Waals surface area contributed by atoms with Crippen molar-refractivity contribution in [1.29, 1.82) is 0 Å². The zero-order chi connectivity index (χ0) is 26.5. The summed E-state index contributed by atoms with van der Waals surface area (Å²) in [6.45, 7) is 4.54. The number of pyridine rings is 1. The van der Waals surface area contributed by atoms with Crippen LogP contribution in [0, 0.1) is 0 Å². The van der Waals surface area contributed by atoms with Crippen molar-refractivity contribution in [2.75, 3.05) is 26.3 Å². The summed E-state index contributed by atoms with van der Waals surface area (Å²) in [5, 5.41) is 3.52. The van der Waals surface area contributed by atoms with Crippen LogP contribution in [0.2, 0.25) is 0 Å². The lowest BCUT2D eigenvalue weighted by Gasteiger charge is -2.29. The van der Waals surface area contributed by atoms with Gasteiger partial charge in [-0.05, 0) is 65.9 Å². The topological polar surface area (TPSA) is 101 Å². The second kappa shape index (κ2) is 9.73. The number of benzene rings is 2. The fraction of sp³-hybridized carbons (Fsp3) is 0.400. The molecule has 0 aliphatic carbocycles. The van der Waals surface area contributed by atoms with Crippen LogP contribution in [0.4, 0.5) is 0 Å². The average Bonchev–Trinajstić information content (AvgIpc) is 3.46. The number of nitrogens with one attached hydrogen (secondary N) is 1. The Hall–Kier alpha value is -3.82. The van der Waals surface area contributed by atoms with Crippen molar-refractivity contribution < 1.29 is 23.9 Å². The molecule has 200 valence electrons. The van der Waals surface area contributed by atoms with Crippen LogP contribution in [-0.4, -0.2) is 71.0 Å². The fourth-order valence-corrected chi connectivity index (χ4v) is 6.06. The van der Waals surface area contributed by atoms with Crippen molar-refractivity contribution >= 4 is 28.6 Å². The van der Waals surface area contributed by atoms with E-state index >= 15 is 0 Å². The Morgan fingerprint density at radius 1 is 1.05 bits per heavy atom. The molecule has 1 aromatic heterocycles. The standard InChI is InChI=1S/C30H30N4O5/c35-28-6-5-27(29(36)32-28)34-14-21-11-23(2-3-25(21)30(34)37)39-24-7-8-33(15-24)13-18-1-4-26-19(9-18)10-20(12-31-26)22-16-38-17-22/h1-4,9-12,22,24,27H,5-8,13-17H2,(H,32,35,36)/t24-,27?/m0/s1. The van der Waals surface area contributed by atoms with Crippen molar-refractivity contribution in [2.45, 2.75) is 50.4 Å². The number of rotatable bonds is 6. The highest BCUT2D eigenvalue weighted by molar-refractivity contribution is 6.05. The molecule has 9 heteroatoms. The molecule has 3 aromatic rings. The molecule has 0 radical (unpaired) electrons. The van der Waals surface area contributed by atoms with Gasteiger partial charge in [0.05, 0.1) is 18.7 Å². The Balaban J connectivity index is 0.979. The van der Waals surface area contributed by atoms with Crippen LogP contribution in [0.3, 0.4) is 0 Å². The molecule has 0 spiro atoms. The number of hydrogen-bond donors (Lipinski definition) is 1. The summed E-state index contributed by atoms with van der Waals surface area (Å²) in [7, 11) is 0.